The fourth-order valence-electron chi connectivity index (χ4n) is 2.45. The summed E-state index contributed by atoms with van der Waals surface area (Å²) in [6.45, 7) is 3.32. The van der Waals surface area contributed by atoms with Gasteiger partial charge in [0.15, 0.2) is 6.61 Å². The van der Waals surface area contributed by atoms with Crippen LogP contribution < -0.4 is 15.4 Å². The maximum absolute atomic E-state index is 12.0. The summed E-state index contributed by atoms with van der Waals surface area (Å²) in [5, 5.41) is 5.61. The number of anilines is 1. The first kappa shape index (κ1) is 18.5. The normalized spacial score (nSPS) is 11.4. The molecule has 0 saturated heterocycles. The second kappa shape index (κ2) is 9.47. The molecule has 0 aliphatic carbocycles. The molecule has 0 heterocycles. The Hall–Kier alpha value is -2.82. The summed E-state index contributed by atoms with van der Waals surface area (Å²) >= 11 is 0. The maximum Gasteiger partial charge on any atom is 0.258 e. The quantitative estimate of drug-likeness (QED) is 0.776. The summed E-state index contributed by atoms with van der Waals surface area (Å²) in [4.78, 5) is 23.2. The Bertz CT molecular complexity index is 701. The van der Waals surface area contributed by atoms with Gasteiger partial charge in [-0.05, 0) is 37.5 Å². The molecule has 0 fully saturated rings. The van der Waals surface area contributed by atoms with Crippen molar-refractivity contribution in [1.29, 1.82) is 0 Å². The lowest BCUT2D eigenvalue weighted by atomic mass is 10.1. The Morgan fingerprint density at radius 2 is 1.72 bits per heavy atom. The van der Waals surface area contributed by atoms with Crippen LogP contribution in [0.4, 0.5) is 5.69 Å². The van der Waals surface area contributed by atoms with E-state index >= 15 is 0 Å². The van der Waals surface area contributed by atoms with Crippen LogP contribution >= 0.6 is 0 Å². The highest BCUT2D eigenvalue weighted by Crippen LogP contribution is 2.23. The Morgan fingerprint density at radius 1 is 1.04 bits per heavy atom. The summed E-state index contributed by atoms with van der Waals surface area (Å²) in [7, 11) is 0. The smallest absolute Gasteiger partial charge is 0.258 e. The highest BCUT2D eigenvalue weighted by molar-refractivity contribution is 5.90. The van der Waals surface area contributed by atoms with E-state index in [1.165, 1.54) is 12.5 Å². The first-order valence-corrected chi connectivity index (χ1v) is 8.37. The molecule has 0 aromatic heterocycles. The minimum Gasteiger partial charge on any atom is -0.482 e. The van der Waals surface area contributed by atoms with E-state index in [9.17, 15) is 9.59 Å². The second-order valence-electron chi connectivity index (χ2n) is 5.96. The van der Waals surface area contributed by atoms with Crippen LogP contribution in [0.15, 0.2) is 54.6 Å². The van der Waals surface area contributed by atoms with Crippen LogP contribution in [-0.4, -0.2) is 24.5 Å². The number of hydrogen-bond acceptors (Lipinski definition) is 3. The number of para-hydroxylation sites is 2. The predicted molar refractivity (Wildman–Crippen MR) is 98.6 cm³/mol. The zero-order valence-electron chi connectivity index (χ0n) is 14.6. The fraction of sp³-hybridized carbons (Fsp3) is 0.300. The van der Waals surface area contributed by atoms with Crippen molar-refractivity contribution in [2.75, 3.05) is 11.9 Å². The second-order valence-corrected chi connectivity index (χ2v) is 5.96. The third-order valence-corrected chi connectivity index (χ3v) is 3.67. The van der Waals surface area contributed by atoms with E-state index in [-0.39, 0.29) is 24.5 Å². The van der Waals surface area contributed by atoms with E-state index in [0.717, 1.165) is 12.8 Å². The molecule has 0 saturated carbocycles. The number of ether oxygens (including phenoxy) is 1. The van der Waals surface area contributed by atoms with Gasteiger partial charge in [0.25, 0.3) is 5.91 Å². The Labute approximate surface area is 148 Å². The Balaban J connectivity index is 1.77. The minimum atomic E-state index is -0.185. The van der Waals surface area contributed by atoms with Crippen molar-refractivity contribution < 1.29 is 14.3 Å². The fourth-order valence-corrected chi connectivity index (χ4v) is 2.45. The standard InChI is InChI=1S/C20H24N2O3/c1-15(12-13-17-8-4-3-5-9-17)21-20(24)14-25-19-11-7-6-10-18(19)22-16(2)23/h3-11,15H,12-14H2,1-2H3,(H,21,24)(H,22,23)/t15-/m0/s1. The van der Waals surface area contributed by atoms with Crippen LogP contribution in [0, 0.1) is 0 Å². The molecule has 5 heteroatoms. The van der Waals surface area contributed by atoms with Gasteiger partial charge in [0, 0.05) is 13.0 Å². The van der Waals surface area contributed by atoms with E-state index in [4.69, 9.17) is 4.74 Å². The lowest BCUT2D eigenvalue weighted by molar-refractivity contribution is -0.123. The lowest BCUT2D eigenvalue weighted by Gasteiger charge is -2.15. The van der Waals surface area contributed by atoms with E-state index < -0.39 is 0 Å². The molecule has 2 amide bonds. The highest BCUT2D eigenvalue weighted by atomic mass is 16.5. The molecule has 0 bridgehead atoms. The van der Waals surface area contributed by atoms with Crippen LogP contribution in [0.5, 0.6) is 5.75 Å². The summed E-state index contributed by atoms with van der Waals surface area (Å²) in [6.07, 6.45) is 1.77. The molecule has 25 heavy (non-hydrogen) atoms. The molecule has 0 spiro atoms. The van der Waals surface area contributed by atoms with E-state index in [1.54, 1.807) is 24.3 Å². The Morgan fingerprint density at radius 3 is 2.44 bits per heavy atom. The average Bonchev–Trinajstić information content (AvgIpc) is 2.59. The highest BCUT2D eigenvalue weighted by Gasteiger charge is 2.10. The molecule has 2 aromatic rings. The van der Waals surface area contributed by atoms with Gasteiger partial charge in [-0.15, -0.1) is 0 Å². The van der Waals surface area contributed by atoms with Crippen LogP contribution in [0.25, 0.3) is 0 Å². The molecule has 0 aliphatic rings. The van der Waals surface area contributed by atoms with Crippen molar-refractivity contribution in [2.45, 2.75) is 32.7 Å². The number of rotatable bonds is 8. The molecule has 2 aromatic carbocycles. The first-order chi connectivity index (χ1) is 12.0. The van der Waals surface area contributed by atoms with Crippen LogP contribution in [-0.2, 0) is 16.0 Å². The van der Waals surface area contributed by atoms with Gasteiger partial charge in [0.1, 0.15) is 5.75 Å². The largest absolute Gasteiger partial charge is 0.482 e. The lowest BCUT2D eigenvalue weighted by Crippen LogP contribution is -2.36. The summed E-state index contributed by atoms with van der Waals surface area (Å²) in [6, 6.07) is 17.3. The number of hydrogen-bond donors (Lipinski definition) is 2. The molecule has 0 unspecified atom stereocenters. The van der Waals surface area contributed by atoms with Gasteiger partial charge in [-0.3, -0.25) is 9.59 Å². The third kappa shape index (κ3) is 6.67. The summed E-state index contributed by atoms with van der Waals surface area (Å²) in [5.74, 6) is 0.109. The van der Waals surface area contributed by atoms with Crippen molar-refractivity contribution in [3.63, 3.8) is 0 Å². The molecule has 2 rings (SSSR count). The molecule has 2 N–H and O–H groups in total. The number of aryl methyl sites for hydroxylation is 1. The van der Waals surface area contributed by atoms with E-state index in [2.05, 4.69) is 22.8 Å². The summed E-state index contributed by atoms with van der Waals surface area (Å²) < 4.78 is 5.54. The molecular formula is C20H24N2O3. The van der Waals surface area contributed by atoms with E-state index in [1.807, 2.05) is 25.1 Å². The van der Waals surface area contributed by atoms with Crippen molar-refractivity contribution in [3.8, 4) is 5.75 Å². The SMILES string of the molecule is CC(=O)Nc1ccccc1OCC(=O)N[C@@H](C)CCc1ccccc1. The minimum absolute atomic E-state index is 0.0573. The molecule has 0 aliphatic heterocycles. The van der Waals surface area contributed by atoms with Gasteiger partial charge in [0.05, 0.1) is 5.69 Å². The molecular weight excluding hydrogens is 316 g/mol. The zero-order valence-corrected chi connectivity index (χ0v) is 14.6. The molecule has 5 nitrogen and oxygen atoms in total. The predicted octanol–water partition coefficient (Wildman–Crippen LogP) is 3.16. The monoisotopic (exact) mass is 340 g/mol. The van der Waals surface area contributed by atoms with Crippen LogP contribution in [0.2, 0.25) is 0 Å². The van der Waals surface area contributed by atoms with Gasteiger partial charge in [-0.25, -0.2) is 0 Å². The third-order valence-electron chi connectivity index (χ3n) is 3.67. The van der Waals surface area contributed by atoms with Gasteiger partial charge >= 0.3 is 0 Å². The zero-order chi connectivity index (χ0) is 18.1. The number of carbonyl (C=O) groups excluding carboxylic acids is 2. The van der Waals surface area contributed by atoms with Crippen molar-refractivity contribution >= 4 is 17.5 Å². The van der Waals surface area contributed by atoms with Crippen LogP contribution in [0.1, 0.15) is 25.8 Å². The van der Waals surface area contributed by atoms with Crippen molar-refractivity contribution in [1.82, 2.24) is 5.32 Å². The van der Waals surface area contributed by atoms with Gasteiger partial charge in [0.2, 0.25) is 5.91 Å². The number of amides is 2. The van der Waals surface area contributed by atoms with E-state index in [0.29, 0.717) is 11.4 Å². The van der Waals surface area contributed by atoms with Crippen LogP contribution in [0.3, 0.4) is 0 Å². The number of nitrogens with one attached hydrogen (secondary N) is 2. The summed E-state index contributed by atoms with van der Waals surface area (Å²) in [5.41, 5.74) is 1.81. The van der Waals surface area contributed by atoms with Crippen molar-refractivity contribution in [3.05, 3.63) is 60.2 Å². The molecule has 1 atom stereocenters. The van der Waals surface area contributed by atoms with Gasteiger partial charge < -0.3 is 15.4 Å². The van der Waals surface area contributed by atoms with Gasteiger partial charge in [-0.2, -0.15) is 0 Å². The molecule has 0 radical (unpaired) electrons. The van der Waals surface area contributed by atoms with Gasteiger partial charge in [-0.1, -0.05) is 42.5 Å². The number of carbonyl (C=O) groups is 2. The maximum atomic E-state index is 12.0. The molecule has 132 valence electrons. The average molecular weight is 340 g/mol. The number of benzene rings is 2. The van der Waals surface area contributed by atoms with Crippen molar-refractivity contribution in [2.24, 2.45) is 0 Å². The first-order valence-electron chi connectivity index (χ1n) is 8.37. The topological polar surface area (TPSA) is 67.4 Å². The Kier molecular flexibility index (Phi) is 7.01.